The van der Waals surface area contributed by atoms with E-state index in [1.165, 1.54) is 141 Å². The van der Waals surface area contributed by atoms with Crippen molar-refractivity contribution in [3.8, 4) is 0 Å². The molecule has 3 unspecified atom stereocenters. The largest absolute Gasteiger partial charge is 0.472 e. The molecule has 434 valence electrons. The lowest BCUT2D eigenvalue weighted by molar-refractivity contribution is -0.161. The van der Waals surface area contributed by atoms with Crippen molar-refractivity contribution in [3.05, 3.63) is 36.5 Å². The van der Waals surface area contributed by atoms with Gasteiger partial charge in [-0.1, -0.05) is 243 Å². The number of ether oxygens (including phenoxy) is 3. The number of phosphoric acid groups is 1. The van der Waals surface area contributed by atoms with Gasteiger partial charge in [0.05, 0.1) is 19.8 Å². The van der Waals surface area contributed by atoms with E-state index >= 15 is 0 Å². The first-order chi connectivity index (χ1) is 36.2. The predicted octanol–water partition coefficient (Wildman–Crippen LogP) is 18.4. The number of esters is 3. The van der Waals surface area contributed by atoms with E-state index in [9.17, 15) is 28.9 Å². The summed E-state index contributed by atoms with van der Waals surface area (Å²) in [5.41, 5.74) is 0. The van der Waals surface area contributed by atoms with Crippen LogP contribution in [0.3, 0.4) is 0 Å². The van der Waals surface area contributed by atoms with Gasteiger partial charge in [-0.25, -0.2) is 4.57 Å². The van der Waals surface area contributed by atoms with E-state index in [2.05, 4.69) is 57.2 Å². The zero-order chi connectivity index (χ0) is 54.1. The molecule has 0 aliphatic carbocycles. The highest BCUT2D eigenvalue weighted by Gasteiger charge is 2.28. The number of carbonyl (C=O) groups excluding carboxylic acids is 3. The molecule has 0 aromatic heterocycles. The summed E-state index contributed by atoms with van der Waals surface area (Å²) in [4.78, 5) is 48.6. The Balaban J connectivity index is 4.69. The summed E-state index contributed by atoms with van der Waals surface area (Å²) < 4.78 is 39.6. The zero-order valence-electron chi connectivity index (χ0n) is 48.1. The highest BCUT2D eigenvalue weighted by Crippen LogP contribution is 2.43. The smallest absolute Gasteiger partial charge is 0.462 e. The topological polar surface area (TPSA) is 155 Å². The zero-order valence-corrected chi connectivity index (χ0v) is 49.0. The molecule has 0 bridgehead atoms. The number of carbonyl (C=O) groups is 3. The lowest BCUT2D eigenvalue weighted by Gasteiger charge is -2.21. The van der Waals surface area contributed by atoms with E-state index in [4.69, 9.17) is 23.3 Å². The first-order valence-electron chi connectivity index (χ1n) is 30.9. The lowest BCUT2D eigenvalue weighted by atomic mass is 10.0. The minimum Gasteiger partial charge on any atom is -0.462 e. The van der Waals surface area contributed by atoms with Gasteiger partial charge in [0.1, 0.15) is 12.7 Å². The maximum atomic E-state index is 12.9. The normalized spacial score (nSPS) is 13.5. The summed E-state index contributed by atoms with van der Waals surface area (Å²) in [6, 6.07) is 0. The van der Waals surface area contributed by atoms with Crippen LogP contribution >= 0.6 is 7.82 Å². The molecule has 0 fully saturated rings. The van der Waals surface area contributed by atoms with E-state index in [1.54, 1.807) is 0 Å². The van der Waals surface area contributed by atoms with Gasteiger partial charge in [-0.05, 0) is 77.0 Å². The molecule has 0 aromatic carbocycles. The van der Waals surface area contributed by atoms with Gasteiger partial charge in [0, 0.05) is 19.3 Å². The van der Waals surface area contributed by atoms with Crippen molar-refractivity contribution in [1.29, 1.82) is 0 Å². The van der Waals surface area contributed by atoms with Crippen molar-refractivity contribution in [3.63, 3.8) is 0 Å². The molecule has 74 heavy (non-hydrogen) atoms. The molecule has 0 saturated carbocycles. The number of aliphatic hydroxyl groups excluding tert-OH is 1. The molecule has 0 radical (unpaired) electrons. The minimum atomic E-state index is -4.75. The van der Waals surface area contributed by atoms with E-state index in [-0.39, 0.29) is 25.9 Å². The van der Waals surface area contributed by atoms with Crippen LogP contribution in [0.2, 0.25) is 0 Å². The molecule has 0 spiro atoms. The van der Waals surface area contributed by atoms with Gasteiger partial charge in [0.2, 0.25) is 0 Å². The third-order valence-electron chi connectivity index (χ3n) is 13.5. The Morgan fingerprint density at radius 3 is 1.05 bits per heavy atom. The maximum Gasteiger partial charge on any atom is 0.472 e. The Hall–Kier alpha value is -2.30. The van der Waals surface area contributed by atoms with Crippen LogP contribution < -0.4 is 0 Å². The van der Waals surface area contributed by atoms with Crippen LogP contribution in [0.15, 0.2) is 36.5 Å². The fraction of sp³-hybridized carbons (Fsp3) is 0.855. The quantitative estimate of drug-likeness (QED) is 0.0197. The summed E-state index contributed by atoms with van der Waals surface area (Å²) in [5, 5.41) is 9.82. The average molecular weight is 1070 g/mol. The van der Waals surface area contributed by atoms with Gasteiger partial charge >= 0.3 is 25.7 Å². The summed E-state index contributed by atoms with van der Waals surface area (Å²) >= 11 is 0. The van der Waals surface area contributed by atoms with Crippen LogP contribution in [0.1, 0.15) is 303 Å². The van der Waals surface area contributed by atoms with Crippen molar-refractivity contribution >= 4 is 25.7 Å². The van der Waals surface area contributed by atoms with E-state index in [0.717, 1.165) is 103 Å². The number of aliphatic hydroxyl groups is 1. The molecule has 0 rings (SSSR count). The standard InChI is InChI=1S/C62H115O11P/c1-4-7-10-13-16-19-22-25-27-28-29-30-32-35-38-41-44-47-50-53-62(66)73-59(55-69-60(64)51-48-45-42-39-36-34-31-26-23-20-17-14-11-8-5-2)57-71-74(67,68)70-56-58(54-63)72-61(65)52-49-46-43-40-37-33-24-21-18-15-12-9-6-3/h17,20-21,24,26,31,58-59,63H,4-16,18-19,22-23,25,27-30,32-57H2,1-3H3,(H,67,68)/b20-17-,24-21-,31-26-. The Bertz CT molecular complexity index is 1380. The van der Waals surface area contributed by atoms with Crippen molar-refractivity contribution in [2.24, 2.45) is 0 Å². The molecule has 0 aliphatic rings. The molecular weight excluding hydrogens is 952 g/mol. The first-order valence-corrected chi connectivity index (χ1v) is 32.4. The molecular formula is C62H115O11P. The lowest BCUT2D eigenvalue weighted by Crippen LogP contribution is -2.30. The molecule has 0 aromatic rings. The molecule has 0 amide bonds. The molecule has 0 heterocycles. The Kier molecular flexibility index (Phi) is 55.1. The van der Waals surface area contributed by atoms with Crippen LogP contribution in [-0.4, -0.2) is 66.5 Å². The second-order valence-corrected chi connectivity index (χ2v) is 22.3. The van der Waals surface area contributed by atoms with Crippen LogP contribution in [0.5, 0.6) is 0 Å². The molecule has 3 atom stereocenters. The van der Waals surface area contributed by atoms with Gasteiger partial charge in [0.15, 0.2) is 6.10 Å². The minimum absolute atomic E-state index is 0.169. The molecule has 11 nitrogen and oxygen atoms in total. The average Bonchev–Trinajstić information content (AvgIpc) is 3.39. The number of hydrogen-bond donors (Lipinski definition) is 2. The highest BCUT2D eigenvalue weighted by molar-refractivity contribution is 7.47. The fourth-order valence-electron chi connectivity index (χ4n) is 8.79. The van der Waals surface area contributed by atoms with Crippen LogP contribution in [0.25, 0.3) is 0 Å². The van der Waals surface area contributed by atoms with E-state index < -0.39 is 57.8 Å². The summed E-state index contributed by atoms with van der Waals surface area (Å²) in [6.07, 6.45) is 59.5. The van der Waals surface area contributed by atoms with Crippen molar-refractivity contribution in [1.82, 2.24) is 0 Å². The van der Waals surface area contributed by atoms with E-state index in [0.29, 0.717) is 19.3 Å². The third-order valence-corrected chi connectivity index (χ3v) is 14.5. The Morgan fingerprint density at radius 2 is 0.662 bits per heavy atom. The number of unbranched alkanes of at least 4 members (excludes halogenated alkanes) is 35. The monoisotopic (exact) mass is 1070 g/mol. The Labute approximate surface area is 454 Å². The summed E-state index contributed by atoms with van der Waals surface area (Å²) in [6.45, 7) is 4.63. The van der Waals surface area contributed by atoms with Gasteiger partial charge in [-0.2, -0.15) is 0 Å². The number of allylic oxidation sites excluding steroid dienone is 6. The second-order valence-electron chi connectivity index (χ2n) is 20.9. The van der Waals surface area contributed by atoms with Gasteiger partial charge in [-0.3, -0.25) is 23.4 Å². The third kappa shape index (κ3) is 54.5. The van der Waals surface area contributed by atoms with Crippen LogP contribution in [0, 0.1) is 0 Å². The number of rotatable bonds is 58. The van der Waals surface area contributed by atoms with Gasteiger partial charge in [0.25, 0.3) is 0 Å². The molecule has 0 aliphatic heterocycles. The van der Waals surface area contributed by atoms with Gasteiger partial charge < -0.3 is 24.2 Å². The molecule has 12 heteroatoms. The fourth-order valence-corrected chi connectivity index (χ4v) is 9.58. The van der Waals surface area contributed by atoms with Crippen molar-refractivity contribution in [2.45, 2.75) is 315 Å². The maximum absolute atomic E-state index is 12.9. The molecule has 2 N–H and O–H groups in total. The first kappa shape index (κ1) is 71.7. The SMILES string of the molecule is CCCCC/C=C\C/C=C\CCCCCCCC(=O)OCC(COP(=O)(O)OCC(CO)OC(=O)CCCCCCC/C=C\CCCCCC)OC(=O)CCCCCCCCCCCCCCCCCCCCC. The summed E-state index contributed by atoms with van der Waals surface area (Å²) in [5.74, 6) is -1.47. The Morgan fingerprint density at radius 1 is 0.378 bits per heavy atom. The van der Waals surface area contributed by atoms with E-state index in [1.807, 2.05) is 0 Å². The van der Waals surface area contributed by atoms with Gasteiger partial charge in [-0.15, -0.1) is 0 Å². The number of phosphoric ester groups is 1. The van der Waals surface area contributed by atoms with Crippen LogP contribution in [-0.2, 0) is 42.2 Å². The second kappa shape index (κ2) is 56.9. The van der Waals surface area contributed by atoms with Crippen molar-refractivity contribution < 1.29 is 52.2 Å². The predicted molar refractivity (Wildman–Crippen MR) is 307 cm³/mol. The molecule has 0 saturated heterocycles. The summed E-state index contributed by atoms with van der Waals surface area (Å²) in [7, 11) is -4.75. The highest BCUT2D eigenvalue weighted by atomic mass is 31.2. The van der Waals surface area contributed by atoms with Crippen molar-refractivity contribution in [2.75, 3.05) is 26.4 Å². The number of hydrogen-bond acceptors (Lipinski definition) is 10. The van der Waals surface area contributed by atoms with Crippen LogP contribution in [0.4, 0.5) is 0 Å².